The molecular weight excluding hydrogens is 465 g/mol. The van der Waals surface area contributed by atoms with Crippen LogP contribution < -0.4 is 56.7 Å². The van der Waals surface area contributed by atoms with E-state index in [1.165, 1.54) is 11.1 Å². The third kappa shape index (κ3) is 5.40. The van der Waals surface area contributed by atoms with Gasteiger partial charge in [0.25, 0.3) is 0 Å². The minimum atomic E-state index is -3.86. The van der Waals surface area contributed by atoms with Crippen molar-refractivity contribution in [3.8, 4) is 12.3 Å². The van der Waals surface area contributed by atoms with E-state index in [4.69, 9.17) is 6.42 Å². The summed E-state index contributed by atoms with van der Waals surface area (Å²) in [5.41, 5.74) is 5.35. The van der Waals surface area contributed by atoms with Crippen LogP contribution in [0, 0.1) is 12.3 Å². The molecule has 5 rings (SSSR count). The van der Waals surface area contributed by atoms with Crippen LogP contribution in [0.5, 0.6) is 0 Å². The Morgan fingerprint density at radius 1 is 1.15 bits per heavy atom. The monoisotopic (exact) mass is 493 g/mol. The van der Waals surface area contributed by atoms with Gasteiger partial charge in [0.2, 0.25) is 0 Å². The molecule has 2 aliphatic carbocycles. The van der Waals surface area contributed by atoms with Crippen molar-refractivity contribution in [3.05, 3.63) is 33.0 Å². The number of nitrogens with one attached hydrogen (secondary N) is 1. The number of hydrogen-bond donors (Lipinski definition) is 1. The van der Waals surface area contributed by atoms with Crippen LogP contribution in [-0.2, 0) is 35.7 Å². The summed E-state index contributed by atoms with van der Waals surface area (Å²) in [5.74, 6) is 2.61. The minimum absolute atomic E-state index is 0. The zero-order chi connectivity index (χ0) is 22.3. The van der Waals surface area contributed by atoms with Crippen molar-refractivity contribution in [2.45, 2.75) is 68.7 Å². The molecule has 2 heterocycles. The van der Waals surface area contributed by atoms with E-state index in [1.807, 2.05) is 4.90 Å². The number of carbonyl (C=O) groups is 1. The number of benzene rings is 1. The molecule has 0 atom stereocenters. The molecule has 1 fully saturated rings. The Morgan fingerprint density at radius 3 is 2.36 bits per heavy atom. The first-order chi connectivity index (χ1) is 15.4. The van der Waals surface area contributed by atoms with E-state index in [0.29, 0.717) is 26.1 Å². The van der Waals surface area contributed by atoms with Gasteiger partial charge < -0.3 is 14.9 Å². The third-order valence-electron chi connectivity index (χ3n) is 7.14. The molecule has 2 aliphatic heterocycles. The first kappa shape index (κ1) is 25.3. The third-order valence-corrected chi connectivity index (χ3v) is 8.70. The topological polar surface area (TPSA) is 105 Å². The summed E-state index contributed by atoms with van der Waals surface area (Å²) >= 11 is 0. The van der Waals surface area contributed by atoms with Gasteiger partial charge in [-0.3, -0.25) is 4.79 Å². The van der Waals surface area contributed by atoms with Gasteiger partial charge in [0, 0.05) is 38.9 Å². The molecule has 10 heteroatoms. The molecule has 170 valence electrons. The van der Waals surface area contributed by atoms with E-state index in [0.717, 1.165) is 68.2 Å². The maximum atomic E-state index is 12.7. The van der Waals surface area contributed by atoms with Crippen molar-refractivity contribution >= 4 is 21.7 Å². The average Bonchev–Trinajstić information content (AvgIpc) is 3.10. The van der Waals surface area contributed by atoms with Gasteiger partial charge in [0.05, 0.1) is 5.25 Å². The van der Waals surface area contributed by atoms with Gasteiger partial charge in [0.1, 0.15) is 0 Å². The van der Waals surface area contributed by atoms with Gasteiger partial charge in [-0.15, -0.1) is 12.3 Å². The Hall–Kier alpha value is -0.804. The Morgan fingerprint density at radius 2 is 1.79 bits per heavy atom. The SMILES string of the molecule is C#CCCC1(CCN2CC(S(=O)(=O)[N-]C(=O)Nc3c4c(cc5c3CCC5)CCC4)C2)N=N1.[K+]. The van der Waals surface area contributed by atoms with E-state index in [2.05, 4.69) is 32.3 Å². The van der Waals surface area contributed by atoms with Crippen LogP contribution in [-0.4, -0.2) is 49.9 Å². The van der Waals surface area contributed by atoms with Crippen LogP contribution in [0.25, 0.3) is 4.72 Å². The molecule has 1 saturated heterocycles. The van der Waals surface area contributed by atoms with Crippen molar-refractivity contribution in [1.82, 2.24) is 4.90 Å². The first-order valence-corrected chi connectivity index (χ1v) is 12.9. The van der Waals surface area contributed by atoms with Crippen molar-refractivity contribution in [3.63, 3.8) is 0 Å². The number of anilines is 1. The van der Waals surface area contributed by atoms with E-state index >= 15 is 0 Å². The van der Waals surface area contributed by atoms with E-state index in [-0.39, 0.29) is 57.0 Å². The molecule has 1 aromatic carbocycles. The molecule has 4 aliphatic rings. The van der Waals surface area contributed by atoms with Gasteiger partial charge in [-0.2, -0.15) is 10.2 Å². The standard InChI is InChI=1S/C23H29N5O3S.K/c1-2-3-10-23(26-27-23)11-12-28-14-18(15-28)32(30,31)25-22(29)24-21-19-8-4-6-16(19)13-17-7-5-9-20(17)21;/h1,13,18H,3-12,14-15H2,(H2,24,25,29);/q;+1/p-1. The summed E-state index contributed by atoms with van der Waals surface area (Å²) in [5, 5.41) is 10.4. The molecular formula is C23H28KN5O3S. The second kappa shape index (κ2) is 10.1. The van der Waals surface area contributed by atoms with E-state index in [1.54, 1.807) is 0 Å². The number of terminal acetylenes is 1. The molecule has 0 aromatic heterocycles. The Kier molecular flexibility index (Phi) is 7.70. The van der Waals surface area contributed by atoms with Crippen LogP contribution in [0.15, 0.2) is 16.3 Å². The summed E-state index contributed by atoms with van der Waals surface area (Å²) in [4.78, 5) is 14.6. The first-order valence-electron chi connectivity index (χ1n) is 11.4. The number of rotatable bonds is 8. The summed E-state index contributed by atoms with van der Waals surface area (Å²) in [6.07, 6.45) is 13.4. The maximum Gasteiger partial charge on any atom is 1.00 e. The number of carbonyl (C=O) groups excluding carboxylic acids is 1. The van der Waals surface area contributed by atoms with Gasteiger partial charge in [0.15, 0.2) is 21.7 Å². The zero-order valence-electron chi connectivity index (χ0n) is 19.1. The molecule has 2 amide bonds. The second-order valence-corrected chi connectivity index (χ2v) is 11.2. The summed E-state index contributed by atoms with van der Waals surface area (Å²) in [6.45, 7) is 1.46. The smallest absolute Gasteiger partial charge is 0.423 e. The molecule has 0 radical (unpaired) electrons. The number of amides is 2. The van der Waals surface area contributed by atoms with E-state index < -0.39 is 21.3 Å². The van der Waals surface area contributed by atoms with Crippen LogP contribution >= 0.6 is 0 Å². The number of fused-ring (bicyclic) bond motifs is 2. The molecule has 0 bridgehead atoms. The average molecular weight is 494 g/mol. The van der Waals surface area contributed by atoms with Crippen LogP contribution in [0.3, 0.4) is 0 Å². The predicted molar refractivity (Wildman–Crippen MR) is 122 cm³/mol. The van der Waals surface area contributed by atoms with Gasteiger partial charge >= 0.3 is 51.4 Å². The van der Waals surface area contributed by atoms with Crippen molar-refractivity contribution < 1.29 is 64.6 Å². The Bertz CT molecular complexity index is 1080. The zero-order valence-corrected chi connectivity index (χ0v) is 23.1. The number of hydrogen-bond acceptors (Lipinski definition) is 6. The summed E-state index contributed by atoms with van der Waals surface area (Å²) in [7, 11) is -3.86. The van der Waals surface area contributed by atoms with E-state index in [9.17, 15) is 13.2 Å². The van der Waals surface area contributed by atoms with Crippen LogP contribution in [0.4, 0.5) is 10.5 Å². The second-order valence-electron chi connectivity index (χ2n) is 9.29. The molecule has 0 saturated carbocycles. The number of likely N-dealkylation sites (tertiary alicyclic amines) is 1. The van der Waals surface area contributed by atoms with Crippen LogP contribution in [0.1, 0.15) is 54.4 Å². The van der Waals surface area contributed by atoms with Gasteiger partial charge in [-0.05, 0) is 66.5 Å². The van der Waals surface area contributed by atoms with Crippen LogP contribution in [0.2, 0.25) is 0 Å². The van der Waals surface area contributed by atoms with Gasteiger partial charge in [-0.1, -0.05) is 6.07 Å². The molecule has 8 nitrogen and oxygen atoms in total. The summed E-state index contributed by atoms with van der Waals surface area (Å²) in [6, 6.07) is 1.50. The fourth-order valence-corrected chi connectivity index (χ4v) is 6.41. The maximum absolute atomic E-state index is 12.7. The predicted octanol–water partition coefficient (Wildman–Crippen LogP) is 0.553. The van der Waals surface area contributed by atoms with Crippen molar-refractivity contribution in [2.24, 2.45) is 10.2 Å². The van der Waals surface area contributed by atoms with Crippen molar-refractivity contribution in [2.75, 3.05) is 25.0 Å². The number of sulfonamides is 1. The number of nitrogens with zero attached hydrogens (tertiary/aromatic N) is 4. The number of aryl methyl sites for hydroxylation is 2. The quantitative estimate of drug-likeness (QED) is 0.422. The fourth-order valence-electron chi connectivity index (χ4n) is 5.19. The Balaban J connectivity index is 0.00000259. The molecule has 1 aromatic rings. The van der Waals surface area contributed by atoms with Gasteiger partial charge in [-0.25, -0.2) is 8.42 Å². The summed E-state index contributed by atoms with van der Waals surface area (Å²) < 4.78 is 28.9. The molecule has 0 spiro atoms. The molecule has 33 heavy (non-hydrogen) atoms. The molecule has 1 N–H and O–H groups in total. The Labute approximate surface area is 238 Å². The fraction of sp³-hybridized carbons (Fsp3) is 0.609. The largest absolute Gasteiger partial charge is 1.00 e. The normalized spacial score (nSPS) is 20.2. The minimum Gasteiger partial charge on any atom is -0.423 e. The molecule has 0 unspecified atom stereocenters. The number of urea groups is 1. The van der Waals surface area contributed by atoms with Crippen molar-refractivity contribution in [1.29, 1.82) is 0 Å².